The topological polar surface area (TPSA) is 81.4 Å². The minimum absolute atomic E-state index is 0.286. The summed E-state index contributed by atoms with van der Waals surface area (Å²) in [5.41, 5.74) is 7.26. The first-order chi connectivity index (χ1) is 10.0. The molecule has 0 bridgehead atoms. The maximum Gasteiger partial charge on any atom is 0.339 e. The number of halogens is 1. The first-order valence-electron chi connectivity index (χ1n) is 6.07. The summed E-state index contributed by atoms with van der Waals surface area (Å²) in [7, 11) is 1.29. The van der Waals surface area contributed by atoms with Crippen molar-refractivity contribution in [2.75, 3.05) is 18.2 Å². The summed E-state index contributed by atoms with van der Waals surface area (Å²) in [6, 6.07) is 11.6. The van der Waals surface area contributed by atoms with Crippen molar-refractivity contribution < 1.29 is 14.3 Å². The van der Waals surface area contributed by atoms with Crippen LogP contribution in [-0.4, -0.2) is 19.0 Å². The summed E-state index contributed by atoms with van der Waals surface area (Å²) in [6.45, 7) is 0. The normalized spacial score (nSPS) is 10.0. The maximum absolute atomic E-state index is 12.3. The average Bonchev–Trinajstić information content (AvgIpc) is 2.49. The Labute approximate surface area is 130 Å². The third kappa shape index (κ3) is 3.22. The van der Waals surface area contributed by atoms with Crippen molar-refractivity contribution in [1.29, 1.82) is 0 Å². The molecular weight excluding hydrogens is 336 g/mol. The molecule has 0 atom stereocenters. The average molecular weight is 349 g/mol. The minimum atomic E-state index is -0.516. The van der Waals surface area contributed by atoms with Crippen molar-refractivity contribution >= 4 is 39.2 Å². The molecule has 0 fully saturated rings. The lowest BCUT2D eigenvalue weighted by molar-refractivity contribution is 0.0602. The highest BCUT2D eigenvalue weighted by atomic mass is 79.9. The largest absolute Gasteiger partial charge is 0.465 e. The van der Waals surface area contributed by atoms with Gasteiger partial charge < -0.3 is 15.8 Å². The van der Waals surface area contributed by atoms with Gasteiger partial charge in [-0.3, -0.25) is 4.79 Å². The molecule has 0 saturated heterocycles. The predicted molar refractivity (Wildman–Crippen MR) is 84.3 cm³/mol. The van der Waals surface area contributed by atoms with Crippen LogP contribution in [0.2, 0.25) is 0 Å². The van der Waals surface area contributed by atoms with E-state index in [4.69, 9.17) is 5.73 Å². The zero-order valence-corrected chi connectivity index (χ0v) is 12.8. The Morgan fingerprint density at radius 3 is 2.48 bits per heavy atom. The molecule has 0 heterocycles. The molecular formula is C15H13BrN2O3. The lowest BCUT2D eigenvalue weighted by Gasteiger charge is -2.11. The van der Waals surface area contributed by atoms with Gasteiger partial charge in [0, 0.05) is 5.69 Å². The number of esters is 1. The van der Waals surface area contributed by atoms with E-state index in [0.29, 0.717) is 21.4 Å². The van der Waals surface area contributed by atoms with Crippen molar-refractivity contribution in [3.05, 3.63) is 58.1 Å². The zero-order valence-electron chi connectivity index (χ0n) is 11.2. The monoisotopic (exact) mass is 348 g/mol. The number of rotatable bonds is 3. The number of hydrogen-bond donors (Lipinski definition) is 2. The molecule has 0 aliphatic carbocycles. The number of nitrogens with two attached hydrogens (primary N) is 1. The molecule has 3 N–H and O–H groups in total. The van der Waals surface area contributed by atoms with Crippen LogP contribution in [0.3, 0.4) is 0 Å². The SMILES string of the molecule is COC(=O)c1ccccc1NC(=O)c1cccc(N)c1Br. The van der Waals surface area contributed by atoms with Crippen LogP contribution in [0.15, 0.2) is 46.9 Å². The van der Waals surface area contributed by atoms with Crippen molar-refractivity contribution in [3.63, 3.8) is 0 Å². The third-order valence-electron chi connectivity index (χ3n) is 2.85. The second kappa shape index (κ2) is 6.41. The predicted octanol–water partition coefficient (Wildman–Crippen LogP) is 3.07. The molecule has 6 heteroatoms. The highest BCUT2D eigenvalue weighted by Crippen LogP contribution is 2.25. The lowest BCUT2D eigenvalue weighted by Crippen LogP contribution is -2.16. The summed E-state index contributed by atoms with van der Waals surface area (Å²) < 4.78 is 5.20. The Morgan fingerprint density at radius 1 is 1.10 bits per heavy atom. The van der Waals surface area contributed by atoms with Gasteiger partial charge in [0.05, 0.1) is 28.4 Å². The Morgan fingerprint density at radius 2 is 1.76 bits per heavy atom. The summed E-state index contributed by atoms with van der Waals surface area (Å²) in [4.78, 5) is 24.0. The number of benzene rings is 2. The fourth-order valence-electron chi connectivity index (χ4n) is 1.79. The Hall–Kier alpha value is -2.34. The van der Waals surface area contributed by atoms with Gasteiger partial charge in [0.1, 0.15) is 0 Å². The van der Waals surface area contributed by atoms with Crippen LogP contribution in [0.4, 0.5) is 11.4 Å². The van der Waals surface area contributed by atoms with Gasteiger partial charge in [0.15, 0.2) is 0 Å². The van der Waals surface area contributed by atoms with E-state index in [2.05, 4.69) is 26.0 Å². The van der Waals surface area contributed by atoms with Crippen LogP contribution >= 0.6 is 15.9 Å². The molecule has 21 heavy (non-hydrogen) atoms. The number of ether oxygens (including phenoxy) is 1. The van der Waals surface area contributed by atoms with E-state index in [0.717, 1.165) is 0 Å². The van der Waals surface area contributed by atoms with Gasteiger partial charge in [-0.2, -0.15) is 0 Å². The second-order valence-corrected chi connectivity index (χ2v) is 4.99. The van der Waals surface area contributed by atoms with Gasteiger partial charge in [-0.1, -0.05) is 18.2 Å². The number of amides is 1. The molecule has 1 amide bonds. The highest BCUT2D eigenvalue weighted by molar-refractivity contribution is 9.10. The summed E-state index contributed by atoms with van der Waals surface area (Å²) >= 11 is 3.28. The Balaban J connectivity index is 2.32. The summed E-state index contributed by atoms with van der Waals surface area (Å²) in [6.07, 6.45) is 0. The van der Waals surface area contributed by atoms with Crippen LogP contribution in [0.25, 0.3) is 0 Å². The highest BCUT2D eigenvalue weighted by Gasteiger charge is 2.16. The number of hydrogen-bond acceptors (Lipinski definition) is 4. The fraction of sp³-hybridized carbons (Fsp3) is 0.0667. The smallest absolute Gasteiger partial charge is 0.339 e. The van der Waals surface area contributed by atoms with E-state index < -0.39 is 5.97 Å². The second-order valence-electron chi connectivity index (χ2n) is 4.20. The number of methoxy groups -OCH3 is 1. The third-order valence-corrected chi connectivity index (χ3v) is 3.74. The molecule has 0 aliphatic heterocycles. The number of carbonyl (C=O) groups excluding carboxylic acids is 2. The first-order valence-corrected chi connectivity index (χ1v) is 6.86. The van der Waals surface area contributed by atoms with E-state index in [1.54, 1.807) is 42.5 Å². The number of carbonyl (C=O) groups is 2. The number of anilines is 2. The van der Waals surface area contributed by atoms with Crippen molar-refractivity contribution in [3.8, 4) is 0 Å². The van der Waals surface area contributed by atoms with Gasteiger partial charge in [-0.05, 0) is 40.2 Å². The van der Waals surface area contributed by atoms with E-state index in [1.807, 2.05) is 0 Å². The van der Waals surface area contributed by atoms with Crippen molar-refractivity contribution in [2.24, 2.45) is 0 Å². The van der Waals surface area contributed by atoms with Crippen LogP contribution in [0.1, 0.15) is 20.7 Å². The zero-order chi connectivity index (χ0) is 15.4. The van der Waals surface area contributed by atoms with Gasteiger partial charge in [-0.15, -0.1) is 0 Å². The summed E-state index contributed by atoms with van der Waals surface area (Å²) in [5, 5.41) is 2.68. The number of nitrogens with one attached hydrogen (secondary N) is 1. The van der Waals surface area contributed by atoms with Gasteiger partial charge in [0.25, 0.3) is 5.91 Å². The van der Waals surface area contributed by atoms with E-state index in [-0.39, 0.29) is 11.5 Å². The molecule has 2 aromatic rings. The standard InChI is InChI=1S/C15H13BrN2O3/c1-21-15(20)9-5-2-3-8-12(9)18-14(19)10-6-4-7-11(17)13(10)16/h2-8H,17H2,1H3,(H,18,19). The molecule has 0 saturated carbocycles. The molecule has 0 aliphatic rings. The van der Waals surface area contributed by atoms with Crippen LogP contribution < -0.4 is 11.1 Å². The van der Waals surface area contributed by atoms with E-state index in [1.165, 1.54) is 7.11 Å². The van der Waals surface area contributed by atoms with Gasteiger partial charge in [0.2, 0.25) is 0 Å². The molecule has 108 valence electrons. The molecule has 2 rings (SSSR count). The maximum atomic E-state index is 12.3. The van der Waals surface area contributed by atoms with Crippen LogP contribution in [-0.2, 0) is 4.74 Å². The molecule has 0 spiro atoms. The Bertz CT molecular complexity index is 701. The number of nitrogen functional groups attached to an aromatic ring is 1. The van der Waals surface area contributed by atoms with Crippen molar-refractivity contribution in [2.45, 2.75) is 0 Å². The van der Waals surface area contributed by atoms with Gasteiger partial charge in [-0.25, -0.2) is 4.79 Å². The summed E-state index contributed by atoms with van der Waals surface area (Å²) in [5.74, 6) is -0.886. The molecule has 0 unspecified atom stereocenters. The Kier molecular flexibility index (Phi) is 4.59. The lowest BCUT2D eigenvalue weighted by atomic mass is 10.1. The number of para-hydroxylation sites is 1. The molecule has 2 aromatic carbocycles. The minimum Gasteiger partial charge on any atom is -0.465 e. The molecule has 5 nitrogen and oxygen atoms in total. The fourth-order valence-corrected chi connectivity index (χ4v) is 2.24. The van der Waals surface area contributed by atoms with Gasteiger partial charge >= 0.3 is 5.97 Å². The van der Waals surface area contributed by atoms with E-state index >= 15 is 0 Å². The van der Waals surface area contributed by atoms with Crippen molar-refractivity contribution in [1.82, 2.24) is 0 Å². The quantitative estimate of drug-likeness (QED) is 0.659. The van der Waals surface area contributed by atoms with Crippen LogP contribution in [0, 0.1) is 0 Å². The first kappa shape index (κ1) is 15.1. The molecule has 0 radical (unpaired) electrons. The van der Waals surface area contributed by atoms with E-state index in [9.17, 15) is 9.59 Å². The molecule has 0 aromatic heterocycles. The van der Waals surface area contributed by atoms with Crippen LogP contribution in [0.5, 0.6) is 0 Å².